The fourth-order valence-corrected chi connectivity index (χ4v) is 4.46. The molecule has 0 spiro atoms. The number of urea groups is 1. The smallest absolute Gasteiger partial charge is 0.321 e. The van der Waals surface area contributed by atoms with Crippen LogP contribution in [-0.4, -0.2) is 42.1 Å². The normalized spacial score (nSPS) is 14.3. The molecule has 1 N–H and O–H groups in total. The maximum atomic E-state index is 12.9. The van der Waals surface area contributed by atoms with Gasteiger partial charge in [-0.25, -0.2) is 9.78 Å². The molecule has 4 rings (SSSR count). The van der Waals surface area contributed by atoms with Gasteiger partial charge in [0, 0.05) is 37.2 Å². The zero-order valence-corrected chi connectivity index (χ0v) is 18.8. The van der Waals surface area contributed by atoms with Crippen molar-refractivity contribution >= 4 is 28.2 Å². The van der Waals surface area contributed by atoms with Crippen LogP contribution < -0.4 is 15.0 Å². The average Bonchev–Trinajstić information content (AvgIpc) is 3.06. The Morgan fingerprint density at radius 2 is 1.94 bits per heavy atom. The number of nitrogens with zero attached hydrogens (tertiary/aromatic N) is 3. The van der Waals surface area contributed by atoms with Gasteiger partial charge >= 0.3 is 6.03 Å². The van der Waals surface area contributed by atoms with Crippen molar-refractivity contribution < 1.29 is 9.53 Å². The number of thiazole rings is 1. The van der Waals surface area contributed by atoms with Gasteiger partial charge in [0.2, 0.25) is 0 Å². The van der Waals surface area contributed by atoms with E-state index in [-0.39, 0.29) is 6.03 Å². The molecule has 1 aromatic heterocycles. The van der Waals surface area contributed by atoms with E-state index in [0.29, 0.717) is 13.2 Å². The molecule has 162 valence electrons. The van der Waals surface area contributed by atoms with E-state index in [4.69, 9.17) is 4.74 Å². The lowest BCUT2D eigenvalue weighted by molar-refractivity contribution is 0.215. The Morgan fingerprint density at radius 3 is 2.68 bits per heavy atom. The van der Waals surface area contributed by atoms with Crippen molar-refractivity contribution in [2.75, 3.05) is 36.4 Å². The van der Waals surface area contributed by atoms with Gasteiger partial charge < -0.3 is 19.9 Å². The topological polar surface area (TPSA) is 57.7 Å². The van der Waals surface area contributed by atoms with Crippen molar-refractivity contribution in [1.29, 1.82) is 0 Å². The number of ether oxygens (including phenoxy) is 1. The monoisotopic (exact) mass is 436 g/mol. The fraction of sp³-hybridized carbons (Fsp3) is 0.333. The number of carbonyl (C=O) groups is 1. The quantitative estimate of drug-likeness (QED) is 0.606. The number of amides is 2. The lowest BCUT2D eigenvalue weighted by atomic mass is 10.2. The molecule has 0 saturated carbocycles. The summed E-state index contributed by atoms with van der Waals surface area (Å²) in [4.78, 5) is 21.6. The van der Waals surface area contributed by atoms with E-state index in [1.807, 2.05) is 67.3 Å². The highest BCUT2D eigenvalue weighted by Gasteiger charge is 2.21. The number of aromatic nitrogens is 1. The van der Waals surface area contributed by atoms with Gasteiger partial charge in [-0.15, -0.1) is 11.3 Å². The van der Waals surface area contributed by atoms with Crippen molar-refractivity contribution in [3.8, 4) is 5.75 Å². The molecule has 6 nitrogen and oxygen atoms in total. The van der Waals surface area contributed by atoms with Gasteiger partial charge in [0.1, 0.15) is 12.4 Å². The van der Waals surface area contributed by atoms with Gasteiger partial charge in [-0.2, -0.15) is 0 Å². The fourth-order valence-electron chi connectivity index (χ4n) is 3.60. The summed E-state index contributed by atoms with van der Waals surface area (Å²) in [7, 11) is 0. The standard InChI is InChI=1S/C24H28N4O2S/c1-18-15-21(30-16-20-7-4-3-5-8-20)9-10-22(18)26-23(29)27-11-6-12-28(14-13-27)24-25-19(2)17-31-24/h3-5,7-10,15,17H,6,11-14,16H2,1-2H3,(H,26,29). The Morgan fingerprint density at radius 1 is 1.10 bits per heavy atom. The van der Waals surface area contributed by atoms with E-state index in [9.17, 15) is 4.79 Å². The molecule has 1 aliphatic heterocycles. The summed E-state index contributed by atoms with van der Waals surface area (Å²) in [5, 5.41) is 6.18. The largest absolute Gasteiger partial charge is 0.489 e. The molecule has 2 heterocycles. The molecule has 7 heteroatoms. The third-order valence-electron chi connectivity index (χ3n) is 5.35. The van der Waals surface area contributed by atoms with Crippen LogP contribution >= 0.6 is 11.3 Å². The minimum atomic E-state index is -0.0572. The molecule has 0 unspecified atom stereocenters. The van der Waals surface area contributed by atoms with Gasteiger partial charge in [-0.05, 0) is 49.6 Å². The predicted octanol–water partition coefficient (Wildman–Crippen LogP) is 5.08. The molecular formula is C24H28N4O2S. The third kappa shape index (κ3) is 5.55. The molecule has 0 radical (unpaired) electrons. The highest BCUT2D eigenvalue weighted by atomic mass is 32.1. The molecular weight excluding hydrogens is 408 g/mol. The molecule has 2 amide bonds. The summed E-state index contributed by atoms with van der Waals surface area (Å²) in [6.45, 7) is 7.66. The first-order chi connectivity index (χ1) is 15.1. The van der Waals surface area contributed by atoms with Gasteiger partial charge in [0.15, 0.2) is 5.13 Å². The lowest BCUT2D eigenvalue weighted by Gasteiger charge is -2.22. The molecule has 0 bridgehead atoms. The van der Waals surface area contributed by atoms with Crippen LogP contribution in [0, 0.1) is 13.8 Å². The second kappa shape index (κ2) is 9.83. The van der Waals surface area contributed by atoms with E-state index < -0.39 is 0 Å². The number of nitrogens with one attached hydrogen (secondary N) is 1. The Kier molecular flexibility index (Phi) is 6.72. The van der Waals surface area contributed by atoms with Crippen LogP contribution in [0.25, 0.3) is 0 Å². The van der Waals surface area contributed by atoms with Crippen LogP contribution in [0.2, 0.25) is 0 Å². The van der Waals surface area contributed by atoms with Crippen molar-refractivity contribution in [3.63, 3.8) is 0 Å². The lowest BCUT2D eigenvalue weighted by Crippen LogP contribution is -2.38. The summed E-state index contributed by atoms with van der Waals surface area (Å²) in [5.74, 6) is 0.795. The van der Waals surface area contributed by atoms with Gasteiger partial charge in [0.05, 0.1) is 5.69 Å². The molecule has 1 aliphatic rings. The Balaban J connectivity index is 1.32. The highest BCUT2D eigenvalue weighted by Crippen LogP contribution is 2.24. The molecule has 0 aliphatic carbocycles. The number of benzene rings is 2. The van der Waals surface area contributed by atoms with Crippen LogP contribution in [0.4, 0.5) is 15.6 Å². The molecule has 3 aromatic rings. The van der Waals surface area contributed by atoms with E-state index in [1.54, 1.807) is 11.3 Å². The third-order valence-corrected chi connectivity index (χ3v) is 6.37. The van der Waals surface area contributed by atoms with Crippen LogP contribution in [0.3, 0.4) is 0 Å². The van der Waals surface area contributed by atoms with E-state index >= 15 is 0 Å². The first kappa shape index (κ1) is 21.2. The van der Waals surface area contributed by atoms with E-state index in [0.717, 1.165) is 59.4 Å². The second-order valence-electron chi connectivity index (χ2n) is 7.78. The van der Waals surface area contributed by atoms with Gasteiger partial charge in [-0.1, -0.05) is 30.3 Å². The number of carbonyl (C=O) groups excluding carboxylic acids is 1. The zero-order valence-electron chi connectivity index (χ0n) is 18.0. The Hall–Kier alpha value is -3.06. The zero-order chi connectivity index (χ0) is 21.6. The number of rotatable bonds is 5. The van der Waals surface area contributed by atoms with Crippen LogP contribution in [0.15, 0.2) is 53.9 Å². The van der Waals surface area contributed by atoms with Crippen molar-refractivity contribution in [2.45, 2.75) is 26.9 Å². The van der Waals surface area contributed by atoms with Crippen molar-refractivity contribution in [1.82, 2.24) is 9.88 Å². The number of hydrogen-bond acceptors (Lipinski definition) is 5. The number of hydrogen-bond donors (Lipinski definition) is 1. The van der Waals surface area contributed by atoms with Gasteiger partial charge in [-0.3, -0.25) is 0 Å². The SMILES string of the molecule is Cc1csc(N2CCCN(C(=O)Nc3ccc(OCc4ccccc4)cc3C)CC2)n1. The van der Waals surface area contributed by atoms with Crippen LogP contribution in [-0.2, 0) is 6.61 Å². The second-order valence-corrected chi connectivity index (χ2v) is 8.62. The van der Waals surface area contributed by atoms with E-state index in [2.05, 4.69) is 20.6 Å². The molecule has 1 fully saturated rings. The maximum absolute atomic E-state index is 12.9. The minimum Gasteiger partial charge on any atom is -0.489 e. The Labute approximate surface area is 187 Å². The van der Waals surface area contributed by atoms with Crippen LogP contribution in [0.1, 0.15) is 23.2 Å². The molecule has 1 saturated heterocycles. The Bertz CT molecular complexity index is 1020. The first-order valence-electron chi connectivity index (χ1n) is 10.6. The van der Waals surface area contributed by atoms with E-state index in [1.165, 1.54) is 0 Å². The minimum absolute atomic E-state index is 0.0572. The summed E-state index contributed by atoms with van der Waals surface area (Å²) in [6.07, 6.45) is 0.928. The highest BCUT2D eigenvalue weighted by molar-refractivity contribution is 7.13. The summed E-state index contributed by atoms with van der Waals surface area (Å²) >= 11 is 1.67. The molecule has 2 aromatic carbocycles. The first-order valence-corrected chi connectivity index (χ1v) is 11.5. The number of aryl methyl sites for hydroxylation is 2. The summed E-state index contributed by atoms with van der Waals surface area (Å²) in [5.41, 5.74) is 3.97. The number of anilines is 2. The predicted molar refractivity (Wildman–Crippen MR) is 126 cm³/mol. The van der Waals surface area contributed by atoms with Crippen LogP contribution in [0.5, 0.6) is 5.75 Å². The van der Waals surface area contributed by atoms with Crippen molar-refractivity contribution in [3.05, 3.63) is 70.7 Å². The molecule has 0 atom stereocenters. The maximum Gasteiger partial charge on any atom is 0.321 e. The molecule has 31 heavy (non-hydrogen) atoms. The van der Waals surface area contributed by atoms with Gasteiger partial charge in [0.25, 0.3) is 0 Å². The van der Waals surface area contributed by atoms with Crippen molar-refractivity contribution in [2.24, 2.45) is 0 Å². The summed E-state index contributed by atoms with van der Waals surface area (Å²) in [6, 6.07) is 15.8. The average molecular weight is 437 g/mol. The summed E-state index contributed by atoms with van der Waals surface area (Å²) < 4.78 is 5.89.